The molecule has 0 N–H and O–H groups in total. The standard InChI is InChI=1S/C20H18S2/c1-5-15-7-9-19(21-15)17-11-14(4)18(12-13(17)3)20-10-8-16(6-2)22-20/h5-12H,1-2H2,3-4H3. The molecular weight excluding hydrogens is 304 g/mol. The molecule has 1 aromatic carbocycles. The maximum absolute atomic E-state index is 3.85. The van der Waals surface area contributed by atoms with Crippen molar-refractivity contribution in [3.05, 3.63) is 70.4 Å². The molecule has 0 spiro atoms. The van der Waals surface area contributed by atoms with Crippen LogP contribution in [0.2, 0.25) is 0 Å². The first kappa shape index (κ1) is 15.0. The minimum Gasteiger partial charge on any atom is -0.136 e. The van der Waals surface area contributed by atoms with Crippen LogP contribution in [-0.2, 0) is 0 Å². The normalized spacial score (nSPS) is 10.6. The van der Waals surface area contributed by atoms with E-state index >= 15 is 0 Å². The summed E-state index contributed by atoms with van der Waals surface area (Å²) >= 11 is 3.58. The Labute approximate surface area is 140 Å². The third-order valence-electron chi connectivity index (χ3n) is 3.76. The predicted molar refractivity (Wildman–Crippen MR) is 103 cm³/mol. The van der Waals surface area contributed by atoms with Crippen LogP contribution >= 0.6 is 22.7 Å². The summed E-state index contributed by atoms with van der Waals surface area (Å²) in [4.78, 5) is 5.04. The number of benzene rings is 1. The van der Waals surface area contributed by atoms with Gasteiger partial charge in [-0.05, 0) is 72.5 Å². The Kier molecular flexibility index (Phi) is 4.14. The molecule has 0 saturated carbocycles. The summed E-state index contributed by atoms with van der Waals surface area (Å²) < 4.78 is 0. The van der Waals surface area contributed by atoms with E-state index in [0.717, 1.165) is 0 Å². The monoisotopic (exact) mass is 322 g/mol. The lowest BCUT2D eigenvalue weighted by molar-refractivity contribution is 1.41. The topological polar surface area (TPSA) is 0 Å². The quantitative estimate of drug-likeness (QED) is 0.483. The molecule has 3 rings (SSSR count). The predicted octanol–water partition coefficient (Wildman–Crippen LogP) is 7.05. The van der Waals surface area contributed by atoms with Crippen LogP contribution in [0.1, 0.15) is 20.9 Å². The van der Waals surface area contributed by atoms with Gasteiger partial charge in [-0.1, -0.05) is 25.3 Å². The average Bonchev–Trinajstić information content (AvgIpc) is 3.17. The van der Waals surface area contributed by atoms with Crippen LogP contribution < -0.4 is 0 Å². The van der Waals surface area contributed by atoms with E-state index < -0.39 is 0 Å². The van der Waals surface area contributed by atoms with E-state index in [1.54, 1.807) is 22.7 Å². The maximum atomic E-state index is 3.85. The molecule has 0 fully saturated rings. The van der Waals surface area contributed by atoms with Crippen LogP contribution in [-0.4, -0.2) is 0 Å². The van der Waals surface area contributed by atoms with Crippen molar-refractivity contribution in [3.8, 4) is 20.9 Å². The molecule has 0 bridgehead atoms. The highest BCUT2D eigenvalue weighted by molar-refractivity contribution is 7.16. The van der Waals surface area contributed by atoms with Crippen molar-refractivity contribution in [2.24, 2.45) is 0 Å². The lowest BCUT2D eigenvalue weighted by Gasteiger charge is -2.10. The van der Waals surface area contributed by atoms with Crippen molar-refractivity contribution >= 4 is 34.8 Å². The summed E-state index contributed by atoms with van der Waals surface area (Å²) in [6.07, 6.45) is 3.82. The van der Waals surface area contributed by atoms with Crippen molar-refractivity contribution in [2.75, 3.05) is 0 Å². The van der Waals surface area contributed by atoms with E-state index in [9.17, 15) is 0 Å². The van der Waals surface area contributed by atoms with E-state index in [1.165, 1.54) is 41.8 Å². The van der Waals surface area contributed by atoms with Crippen LogP contribution in [0.15, 0.2) is 49.6 Å². The molecule has 2 heteroatoms. The molecule has 0 atom stereocenters. The number of rotatable bonds is 4. The first-order chi connectivity index (χ1) is 10.6. The molecule has 0 nitrogen and oxygen atoms in total. The highest BCUT2D eigenvalue weighted by Crippen LogP contribution is 2.37. The zero-order chi connectivity index (χ0) is 15.7. The second kappa shape index (κ2) is 6.07. The fraction of sp³-hybridized carbons (Fsp3) is 0.100. The zero-order valence-electron chi connectivity index (χ0n) is 12.8. The van der Waals surface area contributed by atoms with Gasteiger partial charge in [-0.15, -0.1) is 22.7 Å². The van der Waals surface area contributed by atoms with Gasteiger partial charge in [-0.25, -0.2) is 0 Å². The Balaban J connectivity index is 2.07. The van der Waals surface area contributed by atoms with E-state index in [0.29, 0.717) is 0 Å². The summed E-state index contributed by atoms with van der Waals surface area (Å²) in [5, 5.41) is 0. The Bertz CT molecular complexity index is 774. The summed E-state index contributed by atoms with van der Waals surface area (Å²) in [6.45, 7) is 12.1. The SMILES string of the molecule is C=Cc1ccc(-c2cc(C)c(-c3ccc(C=C)s3)cc2C)s1. The van der Waals surface area contributed by atoms with Gasteiger partial charge in [-0.2, -0.15) is 0 Å². The van der Waals surface area contributed by atoms with Crippen molar-refractivity contribution in [3.63, 3.8) is 0 Å². The van der Waals surface area contributed by atoms with Crippen LogP contribution in [0.25, 0.3) is 33.0 Å². The molecule has 0 aliphatic heterocycles. The van der Waals surface area contributed by atoms with Crippen LogP contribution in [0, 0.1) is 13.8 Å². The van der Waals surface area contributed by atoms with Crippen molar-refractivity contribution in [2.45, 2.75) is 13.8 Å². The van der Waals surface area contributed by atoms with Gasteiger partial charge in [-0.3, -0.25) is 0 Å². The van der Waals surface area contributed by atoms with Crippen molar-refractivity contribution in [1.29, 1.82) is 0 Å². The minimum absolute atomic E-state index is 1.21. The Morgan fingerprint density at radius 2 is 1.14 bits per heavy atom. The summed E-state index contributed by atoms with van der Waals surface area (Å²) in [5.41, 5.74) is 5.26. The average molecular weight is 322 g/mol. The molecule has 3 aromatic rings. The number of hydrogen-bond donors (Lipinski definition) is 0. The molecule has 0 amide bonds. The molecule has 2 heterocycles. The first-order valence-corrected chi connectivity index (χ1v) is 8.82. The lowest BCUT2D eigenvalue weighted by Crippen LogP contribution is -1.87. The van der Waals surface area contributed by atoms with Gasteiger partial charge < -0.3 is 0 Å². The van der Waals surface area contributed by atoms with E-state index in [4.69, 9.17) is 0 Å². The van der Waals surface area contributed by atoms with Gasteiger partial charge in [0.25, 0.3) is 0 Å². The smallest absolute Gasteiger partial charge is 0.0351 e. The molecule has 22 heavy (non-hydrogen) atoms. The molecule has 0 radical (unpaired) electrons. The minimum atomic E-state index is 1.21. The van der Waals surface area contributed by atoms with Gasteiger partial charge in [0.2, 0.25) is 0 Å². The Hall–Kier alpha value is -1.90. The second-order valence-corrected chi connectivity index (χ2v) is 7.53. The number of thiophene rings is 2. The van der Waals surface area contributed by atoms with Crippen LogP contribution in [0.3, 0.4) is 0 Å². The molecule has 2 aromatic heterocycles. The molecule has 110 valence electrons. The van der Waals surface area contributed by atoms with Crippen molar-refractivity contribution in [1.82, 2.24) is 0 Å². The van der Waals surface area contributed by atoms with Crippen molar-refractivity contribution < 1.29 is 0 Å². The highest BCUT2D eigenvalue weighted by atomic mass is 32.1. The molecule has 0 saturated heterocycles. The van der Waals surface area contributed by atoms with Gasteiger partial charge in [0.05, 0.1) is 0 Å². The molecule has 0 unspecified atom stereocenters. The van der Waals surface area contributed by atoms with Gasteiger partial charge in [0, 0.05) is 19.5 Å². The fourth-order valence-electron chi connectivity index (χ4n) is 2.56. The van der Waals surface area contributed by atoms with E-state index in [1.807, 2.05) is 12.2 Å². The third kappa shape index (κ3) is 2.72. The van der Waals surface area contributed by atoms with Gasteiger partial charge in [0.1, 0.15) is 0 Å². The summed E-state index contributed by atoms with van der Waals surface area (Å²) in [5.74, 6) is 0. The Morgan fingerprint density at radius 1 is 0.727 bits per heavy atom. The molecule has 0 aliphatic rings. The highest BCUT2D eigenvalue weighted by Gasteiger charge is 2.11. The van der Waals surface area contributed by atoms with Gasteiger partial charge >= 0.3 is 0 Å². The number of hydrogen-bond acceptors (Lipinski definition) is 2. The van der Waals surface area contributed by atoms with Gasteiger partial charge in [0.15, 0.2) is 0 Å². The van der Waals surface area contributed by atoms with Crippen LogP contribution in [0.4, 0.5) is 0 Å². The number of aryl methyl sites for hydroxylation is 2. The first-order valence-electron chi connectivity index (χ1n) is 7.19. The largest absolute Gasteiger partial charge is 0.136 e. The molecular formula is C20H18S2. The summed E-state index contributed by atoms with van der Waals surface area (Å²) in [7, 11) is 0. The third-order valence-corrected chi connectivity index (χ3v) is 5.99. The fourth-order valence-corrected chi connectivity index (χ4v) is 4.44. The summed E-state index contributed by atoms with van der Waals surface area (Å²) in [6, 6.07) is 13.2. The van der Waals surface area contributed by atoms with Crippen LogP contribution in [0.5, 0.6) is 0 Å². The Morgan fingerprint density at radius 3 is 1.45 bits per heavy atom. The zero-order valence-corrected chi connectivity index (χ0v) is 14.5. The second-order valence-electron chi connectivity index (χ2n) is 5.29. The van der Waals surface area contributed by atoms with E-state index in [-0.39, 0.29) is 0 Å². The lowest BCUT2D eigenvalue weighted by atomic mass is 9.98. The molecule has 0 aliphatic carbocycles. The van der Waals surface area contributed by atoms with E-state index in [2.05, 4.69) is 63.4 Å². The maximum Gasteiger partial charge on any atom is 0.0351 e.